The van der Waals surface area contributed by atoms with E-state index in [9.17, 15) is 8.76 Å². The molecule has 0 bridgehead atoms. The number of sulfonamides is 1. The number of anilines is 1. The summed E-state index contributed by atoms with van der Waals surface area (Å²) in [6.45, 7) is 3.79. The van der Waals surface area contributed by atoms with E-state index in [1.165, 1.54) is 38.6 Å². The summed E-state index contributed by atoms with van der Waals surface area (Å²) < 4.78 is 27.8. The van der Waals surface area contributed by atoms with Gasteiger partial charge in [0.15, 0.2) is 15.3 Å². The molecule has 138 valence electrons. The summed E-state index contributed by atoms with van der Waals surface area (Å²) in [6, 6.07) is 7.25. The van der Waals surface area contributed by atoms with Crippen molar-refractivity contribution in [2.75, 3.05) is 31.5 Å². The maximum Gasteiger partial charge on any atom is 0.198 e. The van der Waals surface area contributed by atoms with Crippen LogP contribution in [0.25, 0.3) is 0 Å². The summed E-state index contributed by atoms with van der Waals surface area (Å²) in [4.78, 5) is 2.96. The number of para-hydroxylation sites is 1. The van der Waals surface area contributed by atoms with Gasteiger partial charge in [-0.15, -0.1) is 4.72 Å². The van der Waals surface area contributed by atoms with E-state index in [1.54, 1.807) is 12.1 Å². The van der Waals surface area contributed by atoms with Crippen molar-refractivity contribution >= 4 is 16.1 Å². The van der Waals surface area contributed by atoms with Crippen LogP contribution in [0.1, 0.15) is 44.9 Å². The predicted molar refractivity (Wildman–Crippen MR) is 100 cm³/mol. The molecule has 1 saturated carbocycles. The Bertz CT molecular complexity index is 652. The molecule has 4 rings (SSSR count). The van der Waals surface area contributed by atoms with Gasteiger partial charge in [-0.2, -0.15) is 0 Å². The Hall–Kier alpha value is -0.950. The summed E-state index contributed by atoms with van der Waals surface area (Å²) in [5, 5.41) is 3.59. The van der Waals surface area contributed by atoms with Crippen molar-refractivity contribution in [3.8, 4) is 0 Å². The molecule has 1 saturated heterocycles. The van der Waals surface area contributed by atoms with Crippen LogP contribution in [-0.2, 0) is 14.6 Å². The molecule has 1 aromatic carbocycles. The zero-order valence-corrected chi connectivity index (χ0v) is 15.7. The molecule has 2 fully saturated rings. The molecule has 0 aromatic heterocycles. The van der Waals surface area contributed by atoms with Gasteiger partial charge in [-0.3, -0.25) is 0 Å². The van der Waals surface area contributed by atoms with Crippen LogP contribution in [0.15, 0.2) is 29.2 Å². The molecule has 2 N–H and O–H groups in total. The molecule has 0 radical (unpaired) electrons. The van der Waals surface area contributed by atoms with E-state index in [-0.39, 0.29) is 5.54 Å². The minimum atomic E-state index is -3.42. The third kappa shape index (κ3) is 3.77. The molecule has 1 aliphatic carbocycles. The van der Waals surface area contributed by atoms with E-state index in [0.717, 1.165) is 37.5 Å². The Kier molecular flexibility index (Phi) is 4.88. The van der Waals surface area contributed by atoms with Crippen molar-refractivity contribution in [3.05, 3.63) is 24.3 Å². The molecule has 6 heteroatoms. The van der Waals surface area contributed by atoms with Crippen LogP contribution in [0.3, 0.4) is 0 Å². The van der Waals surface area contributed by atoms with Crippen LogP contribution in [0.2, 0.25) is 0 Å². The van der Waals surface area contributed by atoms with Crippen molar-refractivity contribution in [1.29, 1.82) is 0 Å². The maximum atomic E-state index is 12.5. The molecule has 25 heavy (non-hydrogen) atoms. The van der Waals surface area contributed by atoms with E-state index < -0.39 is 10.4 Å². The van der Waals surface area contributed by atoms with Gasteiger partial charge in [0.1, 0.15) is 0 Å². The highest BCUT2D eigenvalue weighted by Crippen LogP contribution is 2.35. The molecule has 1 aromatic rings. The lowest BCUT2D eigenvalue weighted by Crippen LogP contribution is -2.55. The second kappa shape index (κ2) is 6.99. The average Bonchev–Trinajstić information content (AvgIpc) is 2.74. The standard InChI is InChI=1S/C19H29N3O2S/c23-25(24)18-9-5-4-8-17(18)21-19(15-20-25)10-12-22(13-11-19)14-16-6-2-1-3-7-16/h4-5,8-9,16,21H,1-3,6-7,10-15H2,(H-,20,23,24). The first kappa shape index (κ1) is 17.5. The smallest absolute Gasteiger partial charge is 0.198 e. The molecule has 1 spiro atoms. The van der Waals surface area contributed by atoms with Crippen molar-refractivity contribution in [3.63, 3.8) is 0 Å². The Morgan fingerprint density at radius 1 is 1.16 bits per heavy atom. The summed E-state index contributed by atoms with van der Waals surface area (Å²) in [5.41, 5.74) is 0.580. The van der Waals surface area contributed by atoms with Gasteiger partial charge in [0.25, 0.3) is 0 Å². The van der Waals surface area contributed by atoms with Crippen molar-refractivity contribution in [1.82, 2.24) is 9.62 Å². The summed E-state index contributed by atoms with van der Waals surface area (Å²) in [5.74, 6) is 0.865. The van der Waals surface area contributed by atoms with E-state index in [0.29, 0.717) is 11.4 Å². The van der Waals surface area contributed by atoms with Crippen LogP contribution in [0.5, 0.6) is 0 Å². The van der Waals surface area contributed by atoms with Crippen LogP contribution in [0, 0.1) is 5.92 Å². The quantitative estimate of drug-likeness (QED) is 0.793. The van der Waals surface area contributed by atoms with Gasteiger partial charge < -0.3 is 14.8 Å². The monoisotopic (exact) mass is 363 g/mol. The topological polar surface area (TPSA) is 67.4 Å². The van der Waals surface area contributed by atoms with Gasteiger partial charge in [0, 0.05) is 19.6 Å². The van der Waals surface area contributed by atoms with Crippen LogP contribution < -0.4 is 10.0 Å². The molecule has 2 aliphatic heterocycles. The summed E-state index contributed by atoms with van der Waals surface area (Å²) in [7, 11) is -3.42. The molecule has 2 heterocycles. The molecule has 5 nitrogen and oxygen atoms in total. The Labute approximate surface area is 151 Å². The Balaban J connectivity index is 1.43. The van der Waals surface area contributed by atoms with Crippen LogP contribution in [0.4, 0.5) is 5.69 Å². The highest BCUT2D eigenvalue weighted by atomic mass is 32.3. The zero-order chi connectivity index (χ0) is 17.3. The molecule has 1 atom stereocenters. The average molecular weight is 364 g/mol. The van der Waals surface area contributed by atoms with Crippen molar-refractivity contribution in [2.45, 2.75) is 55.4 Å². The second-order valence-corrected chi connectivity index (χ2v) is 9.77. The SMILES string of the molecule is O=[S+]1([O-])NCC2(CCN(CC3CCCCC3)CC2)Nc2ccccc21. The number of likely N-dealkylation sites (tertiary alicyclic amines) is 1. The molecular formula is C19H29N3O2S. The molecule has 0 amide bonds. The van der Waals surface area contributed by atoms with E-state index >= 15 is 0 Å². The number of nitrogens with one attached hydrogen (secondary N) is 2. The first-order valence-electron chi connectivity index (χ1n) is 9.66. The maximum absolute atomic E-state index is 12.5. The largest absolute Gasteiger partial charge is 0.593 e. The van der Waals surface area contributed by atoms with Gasteiger partial charge in [-0.25, -0.2) is 0 Å². The number of hydrogen-bond donors (Lipinski definition) is 2. The van der Waals surface area contributed by atoms with Crippen molar-refractivity contribution < 1.29 is 8.76 Å². The third-order valence-electron chi connectivity index (χ3n) is 6.23. The number of hydrogen-bond acceptors (Lipinski definition) is 4. The first-order chi connectivity index (χ1) is 12.1. The minimum Gasteiger partial charge on any atom is -0.593 e. The van der Waals surface area contributed by atoms with Gasteiger partial charge >= 0.3 is 0 Å². The summed E-state index contributed by atoms with van der Waals surface area (Å²) in [6.07, 6.45) is 8.92. The fourth-order valence-electron chi connectivity index (χ4n) is 4.65. The highest BCUT2D eigenvalue weighted by Gasteiger charge is 2.41. The number of benzene rings is 1. The number of fused-ring (bicyclic) bond motifs is 1. The van der Waals surface area contributed by atoms with Gasteiger partial charge in [0.2, 0.25) is 0 Å². The Morgan fingerprint density at radius 2 is 1.88 bits per heavy atom. The summed E-state index contributed by atoms with van der Waals surface area (Å²) >= 11 is 0. The van der Waals surface area contributed by atoms with Gasteiger partial charge in [0.05, 0.1) is 17.8 Å². The molecule has 1 unspecified atom stereocenters. The zero-order valence-electron chi connectivity index (χ0n) is 14.8. The van der Waals surface area contributed by atoms with Crippen LogP contribution in [-0.4, -0.2) is 41.2 Å². The predicted octanol–water partition coefficient (Wildman–Crippen LogP) is 3.02. The molecule has 3 aliphatic rings. The van der Waals surface area contributed by atoms with Gasteiger partial charge in [-0.05, 0) is 43.7 Å². The first-order valence-corrected chi connectivity index (χ1v) is 11.1. The fourth-order valence-corrected chi connectivity index (χ4v) is 5.93. The third-order valence-corrected chi connectivity index (χ3v) is 7.69. The van der Waals surface area contributed by atoms with E-state index in [2.05, 4.69) is 14.9 Å². The van der Waals surface area contributed by atoms with E-state index in [1.807, 2.05) is 12.1 Å². The lowest BCUT2D eigenvalue weighted by molar-refractivity contribution is 0.139. The van der Waals surface area contributed by atoms with Gasteiger partial charge in [-0.1, -0.05) is 35.6 Å². The Morgan fingerprint density at radius 3 is 2.64 bits per heavy atom. The fraction of sp³-hybridized carbons (Fsp3) is 0.684. The normalized spacial score (nSPS) is 30.4. The number of rotatable bonds is 2. The second-order valence-electron chi connectivity index (χ2n) is 8.03. The minimum absolute atomic E-state index is 0.164. The highest BCUT2D eigenvalue weighted by molar-refractivity contribution is 7.96. The molecular weight excluding hydrogens is 334 g/mol. The lowest BCUT2D eigenvalue weighted by Gasteiger charge is -2.43. The van der Waals surface area contributed by atoms with E-state index in [4.69, 9.17) is 0 Å². The van der Waals surface area contributed by atoms with Crippen LogP contribution >= 0.6 is 0 Å². The number of nitrogens with zero attached hydrogens (tertiary/aromatic N) is 1. The lowest BCUT2D eigenvalue weighted by atomic mass is 9.85. The van der Waals surface area contributed by atoms with Crippen molar-refractivity contribution in [2.24, 2.45) is 5.92 Å². The number of piperidine rings is 1.